The number of fused-ring (bicyclic) bond motifs is 1. The zero-order chi connectivity index (χ0) is 21.9. The average Bonchev–Trinajstić information content (AvgIpc) is 3.59. The Morgan fingerprint density at radius 1 is 1.22 bits per heavy atom. The zero-order valence-electron chi connectivity index (χ0n) is 18.4. The first-order valence-electron chi connectivity index (χ1n) is 11.4. The number of piperidine rings is 1. The Bertz CT molecular complexity index is 1040. The molecule has 0 spiro atoms. The van der Waals surface area contributed by atoms with Crippen molar-refractivity contribution in [2.75, 3.05) is 30.3 Å². The highest BCUT2D eigenvalue weighted by atomic mass is 32.2. The molecule has 0 radical (unpaired) electrons. The van der Waals surface area contributed by atoms with Crippen molar-refractivity contribution in [2.45, 2.75) is 56.8 Å². The van der Waals surface area contributed by atoms with Crippen LogP contribution in [0.1, 0.15) is 54.8 Å². The maximum Gasteiger partial charge on any atom is 0.233 e. The molecule has 3 aromatic rings. The van der Waals surface area contributed by atoms with E-state index in [1.165, 1.54) is 41.5 Å². The largest absolute Gasteiger partial charge is 0.467 e. The molecule has 9 heteroatoms. The van der Waals surface area contributed by atoms with Gasteiger partial charge in [-0.1, -0.05) is 18.7 Å². The van der Waals surface area contributed by atoms with Gasteiger partial charge in [-0.05, 0) is 61.2 Å². The maximum absolute atomic E-state index is 13.2. The monoisotopic (exact) mass is 471 g/mol. The highest BCUT2D eigenvalue weighted by Crippen LogP contribution is 2.36. The smallest absolute Gasteiger partial charge is 0.233 e. The minimum atomic E-state index is 0.172. The first-order chi connectivity index (χ1) is 15.7. The molecule has 170 valence electrons. The molecule has 2 aliphatic heterocycles. The van der Waals surface area contributed by atoms with Crippen LogP contribution in [-0.4, -0.2) is 51.0 Å². The standard InChI is InChI=1S/C23H29N5O2S2/c1-2-19-18-9-14-31-20(18)8-12-27(19)21(29)16-32-23-25-24-22(26-10-4-3-5-11-26)28(23)15-17-7-6-13-30-17/h6-7,9,13-14,19H,2-5,8,10-12,15-16H2,1H3. The van der Waals surface area contributed by atoms with Gasteiger partial charge in [0.15, 0.2) is 5.16 Å². The number of hydrogen-bond acceptors (Lipinski definition) is 7. The number of hydrogen-bond donors (Lipinski definition) is 0. The number of anilines is 1. The molecule has 1 saturated heterocycles. The summed E-state index contributed by atoms with van der Waals surface area (Å²) in [4.78, 5) is 19.0. The van der Waals surface area contributed by atoms with Gasteiger partial charge < -0.3 is 14.2 Å². The van der Waals surface area contributed by atoms with Crippen LogP contribution in [0.25, 0.3) is 0 Å². The Balaban J connectivity index is 1.32. The van der Waals surface area contributed by atoms with E-state index in [0.717, 1.165) is 49.3 Å². The molecule has 0 aliphatic carbocycles. The number of thioether (sulfide) groups is 1. The van der Waals surface area contributed by atoms with Crippen LogP contribution in [0.3, 0.4) is 0 Å². The van der Waals surface area contributed by atoms with Gasteiger partial charge in [0.2, 0.25) is 11.9 Å². The summed E-state index contributed by atoms with van der Waals surface area (Å²) in [5.74, 6) is 2.28. The fraction of sp³-hybridized carbons (Fsp3) is 0.522. The van der Waals surface area contributed by atoms with Crippen LogP contribution in [-0.2, 0) is 17.8 Å². The molecule has 0 aromatic carbocycles. The molecule has 32 heavy (non-hydrogen) atoms. The number of thiophene rings is 1. The van der Waals surface area contributed by atoms with Crippen LogP contribution in [0.4, 0.5) is 5.95 Å². The predicted octanol–water partition coefficient (Wildman–Crippen LogP) is 4.60. The molecule has 2 aliphatic rings. The summed E-state index contributed by atoms with van der Waals surface area (Å²) in [5.41, 5.74) is 1.33. The molecular weight excluding hydrogens is 442 g/mol. The number of amides is 1. The van der Waals surface area contributed by atoms with Gasteiger partial charge in [-0.3, -0.25) is 9.36 Å². The highest BCUT2D eigenvalue weighted by molar-refractivity contribution is 7.99. The molecule has 1 fully saturated rings. The summed E-state index contributed by atoms with van der Waals surface area (Å²) in [6, 6.07) is 6.24. The van der Waals surface area contributed by atoms with Crippen LogP contribution in [0.2, 0.25) is 0 Å². The van der Waals surface area contributed by atoms with Crippen LogP contribution in [0.15, 0.2) is 39.4 Å². The van der Waals surface area contributed by atoms with Crippen molar-refractivity contribution >= 4 is 35.0 Å². The second-order valence-electron chi connectivity index (χ2n) is 8.34. The van der Waals surface area contributed by atoms with E-state index >= 15 is 0 Å². The molecule has 7 nitrogen and oxygen atoms in total. The Morgan fingerprint density at radius 2 is 2.09 bits per heavy atom. The lowest BCUT2D eigenvalue weighted by atomic mass is 9.98. The predicted molar refractivity (Wildman–Crippen MR) is 127 cm³/mol. The quantitative estimate of drug-likeness (QED) is 0.469. The van der Waals surface area contributed by atoms with E-state index < -0.39 is 0 Å². The van der Waals surface area contributed by atoms with Crippen LogP contribution in [0, 0.1) is 0 Å². The Labute approximate surface area is 196 Å². The minimum Gasteiger partial charge on any atom is -0.467 e. The van der Waals surface area contributed by atoms with Gasteiger partial charge in [-0.25, -0.2) is 0 Å². The maximum atomic E-state index is 13.2. The number of carbonyl (C=O) groups is 1. The summed E-state index contributed by atoms with van der Waals surface area (Å²) in [5, 5.41) is 11.9. The van der Waals surface area contributed by atoms with Gasteiger partial charge in [-0.15, -0.1) is 21.5 Å². The lowest BCUT2D eigenvalue weighted by Gasteiger charge is -2.35. The van der Waals surface area contributed by atoms with Gasteiger partial charge in [0.1, 0.15) is 5.76 Å². The van der Waals surface area contributed by atoms with E-state index in [1.807, 2.05) is 23.5 Å². The molecule has 5 heterocycles. The fourth-order valence-corrected chi connectivity index (χ4v) is 6.50. The lowest BCUT2D eigenvalue weighted by molar-refractivity contribution is -0.131. The third-order valence-electron chi connectivity index (χ3n) is 6.36. The normalized spacial score (nSPS) is 18.7. The van der Waals surface area contributed by atoms with E-state index in [2.05, 4.69) is 42.9 Å². The lowest BCUT2D eigenvalue weighted by Crippen LogP contribution is -2.40. The Hall–Kier alpha value is -2.26. The highest BCUT2D eigenvalue weighted by Gasteiger charge is 2.31. The summed E-state index contributed by atoms with van der Waals surface area (Å²) in [6.45, 7) is 5.52. The molecule has 3 aromatic heterocycles. The second kappa shape index (κ2) is 9.70. The van der Waals surface area contributed by atoms with Crippen molar-refractivity contribution in [1.29, 1.82) is 0 Å². The molecule has 1 amide bonds. The van der Waals surface area contributed by atoms with Crippen molar-refractivity contribution in [3.05, 3.63) is 46.0 Å². The van der Waals surface area contributed by atoms with E-state index in [-0.39, 0.29) is 11.9 Å². The van der Waals surface area contributed by atoms with Gasteiger partial charge in [0.05, 0.1) is 24.6 Å². The number of aromatic nitrogens is 3. The van der Waals surface area contributed by atoms with Gasteiger partial charge in [0, 0.05) is 24.5 Å². The van der Waals surface area contributed by atoms with Crippen molar-refractivity contribution in [3.63, 3.8) is 0 Å². The van der Waals surface area contributed by atoms with E-state index in [9.17, 15) is 4.79 Å². The minimum absolute atomic E-state index is 0.172. The first kappa shape index (κ1) is 21.6. The summed E-state index contributed by atoms with van der Waals surface area (Å²) >= 11 is 3.29. The Morgan fingerprint density at radius 3 is 2.88 bits per heavy atom. The van der Waals surface area contributed by atoms with Gasteiger partial charge >= 0.3 is 0 Å². The molecule has 5 rings (SSSR count). The summed E-state index contributed by atoms with van der Waals surface area (Å²) in [6.07, 6.45) is 7.19. The summed E-state index contributed by atoms with van der Waals surface area (Å²) in [7, 11) is 0. The molecular formula is C23H29N5O2S2. The summed E-state index contributed by atoms with van der Waals surface area (Å²) < 4.78 is 7.70. The van der Waals surface area contributed by atoms with Crippen molar-refractivity contribution in [3.8, 4) is 0 Å². The van der Waals surface area contributed by atoms with E-state index in [4.69, 9.17) is 4.42 Å². The molecule has 1 unspecified atom stereocenters. The zero-order valence-corrected chi connectivity index (χ0v) is 20.0. The number of carbonyl (C=O) groups excluding carboxylic acids is 1. The third kappa shape index (κ3) is 4.32. The van der Waals surface area contributed by atoms with E-state index in [1.54, 1.807) is 6.26 Å². The second-order valence-corrected chi connectivity index (χ2v) is 10.3. The molecule has 0 saturated carbocycles. The molecule has 1 atom stereocenters. The van der Waals surface area contributed by atoms with Gasteiger partial charge in [0.25, 0.3) is 0 Å². The molecule has 0 N–H and O–H groups in total. The number of nitrogens with zero attached hydrogens (tertiary/aromatic N) is 5. The van der Waals surface area contributed by atoms with Crippen molar-refractivity contribution in [2.24, 2.45) is 0 Å². The van der Waals surface area contributed by atoms with Crippen LogP contribution < -0.4 is 4.90 Å². The SMILES string of the molecule is CCC1c2ccsc2CCN1C(=O)CSc1nnc(N2CCCCC2)n1Cc1ccco1. The fourth-order valence-electron chi connectivity index (χ4n) is 4.76. The topological polar surface area (TPSA) is 67.4 Å². The van der Waals surface area contributed by atoms with Crippen molar-refractivity contribution < 1.29 is 9.21 Å². The third-order valence-corrected chi connectivity index (χ3v) is 8.30. The number of furan rings is 1. The van der Waals surface area contributed by atoms with Crippen LogP contribution >= 0.6 is 23.1 Å². The van der Waals surface area contributed by atoms with E-state index in [0.29, 0.717) is 12.3 Å². The Kier molecular flexibility index (Phi) is 6.54. The first-order valence-corrected chi connectivity index (χ1v) is 13.3. The van der Waals surface area contributed by atoms with Crippen molar-refractivity contribution in [1.82, 2.24) is 19.7 Å². The van der Waals surface area contributed by atoms with Gasteiger partial charge in [-0.2, -0.15) is 0 Å². The van der Waals surface area contributed by atoms with Crippen LogP contribution in [0.5, 0.6) is 0 Å². The number of rotatable bonds is 7. The average molecular weight is 472 g/mol. The molecule has 0 bridgehead atoms.